The van der Waals surface area contributed by atoms with E-state index in [1.165, 1.54) is 6.33 Å². The summed E-state index contributed by atoms with van der Waals surface area (Å²) >= 11 is 0. The molecule has 2 aromatic heterocycles. The minimum absolute atomic E-state index is 0.0456. The van der Waals surface area contributed by atoms with Crippen LogP contribution in [0.2, 0.25) is 0 Å². The van der Waals surface area contributed by atoms with Gasteiger partial charge in [-0.25, -0.2) is 4.98 Å². The van der Waals surface area contributed by atoms with Crippen molar-refractivity contribution in [3.63, 3.8) is 0 Å². The van der Waals surface area contributed by atoms with Crippen LogP contribution in [0.4, 0.5) is 5.95 Å². The number of fused-ring (bicyclic) bond motifs is 1. The molecule has 59 heavy (non-hydrogen) atoms. The SMILES string of the molecule is COc1ccc(C(OC(Cc2ccccc2)[C@H]2O[C@@H](n3cnc4c(=O)[nH]c(NC(=O)COc5ccccc5)nc43)C[C@@H]2O)(c2ccccc2)c2ccc(OC)cc2)cc1. The third kappa shape index (κ3) is 8.30. The lowest BCUT2D eigenvalue weighted by Gasteiger charge is -2.41. The van der Waals surface area contributed by atoms with Crippen LogP contribution in [0, 0.1) is 0 Å². The Morgan fingerprint density at radius 1 is 0.831 bits per heavy atom. The number of ether oxygens (including phenoxy) is 5. The number of nitrogens with one attached hydrogen (secondary N) is 2. The van der Waals surface area contributed by atoms with Gasteiger partial charge < -0.3 is 28.8 Å². The van der Waals surface area contributed by atoms with E-state index in [0.29, 0.717) is 23.7 Å². The maximum Gasteiger partial charge on any atom is 0.280 e. The van der Waals surface area contributed by atoms with Gasteiger partial charge >= 0.3 is 0 Å². The van der Waals surface area contributed by atoms with Crippen LogP contribution in [0.25, 0.3) is 11.2 Å². The Bertz CT molecular complexity index is 2480. The molecule has 0 spiro atoms. The summed E-state index contributed by atoms with van der Waals surface area (Å²) in [5.41, 5.74) is 1.92. The highest BCUT2D eigenvalue weighted by Gasteiger charge is 2.47. The lowest BCUT2D eigenvalue weighted by atomic mass is 9.79. The van der Waals surface area contributed by atoms with Crippen molar-refractivity contribution >= 4 is 23.0 Å². The van der Waals surface area contributed by atoms with Crippen LogP contribution in [0.15, 0.2) is 151 Å². The van der Waals surface area contributed by atoms with Gasteiger partial charge in [-0.05, 0) is 58.7 Å². The number of anilines is 1. The van der Waals surface area contributed by atoms with Gasteiger partial charge in [0.25, 0.3) is 11.5 Å². The van der Waals surface area contributed by atoms with Crippen molar-refractivity contribution in [3.8, 4) is 17.2 Å². The molecule has 13 heteroatoms. The standard InChI is InChI=1S/C46H43N5O8/c1-55-34-22-18-32(19-23-34)46(31-14-8-4-9-15-31,33-20-24-35(56-2)25-21-33)59-38(26-30-12-6-3-7-13-30)42-37(52)27-40(58-42)51-29-47-41-43(51)49-45(50-44(41)54)48-39(53)28-57-36-16-10-5-11-17-36/h3-25,29,37-38,40,42,52H,26-28H2,1-2H3,(H2,48,49,50,53,54)/t37-,38?,40+,42-/m0/s1. The van der Waals surface area contributed by atoms with Crippen molar-refractivity contribution in [2.45, 2.75) is 43.0 Å². The van der Waals surface area contributed by atoms with Crippen LogP contribution < -0.4 is 25.1 Å². The van der Waals surface area contributed by atoms with E-state index < -0.39 is 41.6 Å². The number of aromatic nitrogens is 4. The third-order valence-corrected chi connectivity index (χ3v) is 10.4. The first-order chi connectivity index (χ1) is 28.8. The number of carbonyl (C=O) groups is 1. The Labute approximate surface area is 340 Å². The molecule has 1 saturated heterocycles. The van der Waals surface area contributed by atoms with E-state index >= 15 is 0 Å². The number of hydrogen-bond acceptors (Lipinski definition) is 10. The fourth-order valence-electron chi connectivity index (χ4n) is 7.54. The average Bonchev–Trinajstić information content (AvgIpc) is 3.89. The summed E-state index contributed by atoms with van der Waals surface area (Å²) in [6.07, 6.45) is -1.46. The molecular weight excluding hydrogens is 751 g/mol. The Balaban J connectivity index is 1.16. The van der Waals surface area contributed by atoms with E-state index in [1.807, 2.05) is 115 Å². The molecule has 0 bridgehead atoms. The zero-order chi connectivity index (χ0) is 40.8. The lowest BCUT2D eigenvalue weighted by Crippen LogP contribution is -2.45. The monoisotopic (exact) mass is 793 g/mol. The zero-order valence-corrected chi connectivity index (χ0v) is 32.4. The Kier molecular flexibility index (Phi) is 11.5. The zero-order valence-electron chi connectivity index (χ0n) is 32.4. The van der Waals surface area contributed by atoms with E-state index in [4.69, 9.17) is 23.7 Å². The number of hydrogen-bond donors (Lipinski definition) is 3. The van der Waals surface area contributed by atoms with Gasteiger partial charge in [0, 0.05) is 12.8 Å². The topological polar surface area (TPSA) is 159 Å². The highest BCUT2D eigenvalue weighted by atomic mass is 16.6. The number of aromatic amines is 1. The molecule has 1 unspecified atom stereocenters. The molecule has 1 aliphatic heterocycles. The predicted molar refractivity (Wildman–Crippen MR) is 221 cm³/mol. The molecule has 8 rings (SSSR count). The Morgan fingerprint density at radius 2 is 1.41 bits per heavy atom. The number of carbonyl (C=O) groups excluding carboxylic acids is 1. The number of amides is 1. The number of H-pyrrole nitrogens is 1. The Morgan fingerprint density at radius 3 is 2.02 bits per heavy atom. The molecule has 1 aliphatic rings. The van der Waals surface area contributed by atoms with E-state index in [0.717, 1.165) is 22.3 Å². The van der Waals surface area contributed by atoms with Gasteiger partial charge in [-0.3, -0.25) is 24.5 Å². The van der Waals surface area contributed by atoms with Crippen LogP contribution in [-0.4, -0.2) is 69.7 Å². The van der Waals surface area contributed by atoms with E-state index in [-0.39, 0.29) is 30.1 Å². The molecule has 7 aromatic rings. The first-order valence-corrected chi connectivity index (χ1v) is 19.2. The summed E-state index contributed by atoms with van der Waals surface area (Å²) in [6.45, 7) is -0.301. The van der Waals surface area contributed by atoms with Gasteiger partial charge in [-0.15, -0.1) is 0 Å². The van der Waals surface area contributed by atoms with Crippen LogP contribution in [0.5, 0.6) is 17.2 Å². The second-order valence-electron chi connectivity index (χ2n) is 14.1. The Hall–Kier alpha value is -6.80. The number of aliphatic hydroxyl groups is 1. The quantitative estimate of drug-likeness (QED) is 0.0990. The average molecular weight is 794 g/mol. The van der Waals surface area contributed by atoms with Crippen LogP contribution in [-0.2, 0) is 26.3 Å². The number of methoxy groups -OCH3 is 2. The molecule has 5 aromatic carbocycles. The van der Waals surface area contributed by atoms with Crippen LogP contribution >= 0.6 is 0 Å². The highest BCUT2D eigenvalue weighted by Crippen LogP contribution is 2.45. The number of nitrogens with zero attached hydrogens (tertiary/aromatic N) is 3. The number of rotatable bonds is 15. The second-order valence-corrected chi connectivity index (χ2v) is 14.1. The summed E-state index contributed by atoms with van der Waals surface area (Å²) in [6, 6.07) is 44.3. The van der Waals surface area contributed by atoms with E-state index in [1.54, 1.807) is 43.1 Å². The van der Waals surface area contributed by atoms with Crippen molar-refractivity contribution in [1.82, 2.24) is 19.5 Å². The van der Waals surface area contributed by atoms with Gasteiger partial charge in [-0.2, -0.15) is 4.98 Å². The minimum atomic E-state index is -1.21. The molecule has 0 aliphatic carbocycles. The van der Waals surface area contributed by atoms with E-state index in [2.05, 4.69) is 20.3 Å². The number of para-hydroxylation sites is 1. The first kappa shape index (κ1) is 39.0. The molecule has 0 radical (unpaired) electrons. The first-order valence-electron chi connectivity index (χ1n) is 19.2. The van der Waals surface area contributed by atoms with Gasteiger partial charge in [-0.1, -0.05) is 103 Å². The summed E-state index contributed by atoms with van der Waals surface area (Å²) in [7, 11) is 3.25. The van der Waals surface area contributed by atoms with Crippen molar-refractivity contribution in [3.05, 3.63) is 178 Å². The highest BCUT2D eigenvalue weighted by molar-refractivity contribution is 5.90. The maximum atomic E-state index is 13.2. The normalized spacial score (nSPS) is 17.0. The van der Waals surface area contributed by atoms with Gasteiger partial charge in [0.2, 0.25) is 5.95 Å². The lowest BCUT2D eigenvalue weighted by molar-refractivity contribution is -0.143. The van der Waals surface area contributed by atoms with Crippen molar-refractivity contribution in [2.75, 3.05) is 26.1 Å². The fourth-order valence-corrected chi connectivity index (χ4v) is 7.54. The molecule has 300 valence electrons. The molecular formula is C46H43N5O8. The molecule has 1 fully saturated rings. The van der Waals surface area contributed by atoms with Crippen molar-refractivity contribution < 1.29 is 33.6 Å². The van der Waals surface area contributed by atoms with Crippen molar-refractivity contribution in [2.24, 2.45) is 0 Å². The summed E-state index contributed by atoms with van der Waals surface area (Å²) < 4.78 is 32.6. The number of imidazole rings is 1. The summed E-state index contributed by atoms with van der Waals surface area (Å²) in [5.74, 6) is 1.29. The maximum absolute atomic E-state index is 13.2. The van der Waals surface area contributed by atoms with Gasteiger partial charge in [0.1, 0.15) is 35.2 Å². The van der Waals surface area contributed by atoms with Crippen LogP contribution in [0.1, 0.15) is 34.9 Å². The number of aliphatic hydroxyl groups excluding tert-OH is 1. The van der Waals surface area contributed by atoms with Gasteiger partial charge in [0.15, 0.2) is 17.8 Å². The summed E-state index contributed by atoms with van der Waals surface area (Å²) in [4.78, 5) is 37.5. The third-order valence-electron chi connectivity index (χ3n) is 10.4. The molecule has 3 N–H and O–H groups in total. The largest absolute Gasteiger partial charge is 0.497 e. The molecule has 3 heterocycles. The molecule has 1 amide bonds. The van der Waals surface area contributed by atoms with E-state index in [9.17, 15) is 14.7 Å². The van der Waals surface area contributed by atoms with Gasteiger partial charge in [0.05, 0.1) is 32.8 Å². The second kappa shape index (κ2) is 17.4. The smallest absolute Gasteiger partial charge is 0.280 e. The number of benzene rings is 5. The molecule has 0 saturated carbocycles. The van der Waals surface area contributed by atoms with Crippen LogP contribution in [0.3, 0.4) is 0 Å². The molecule has 4 atom stereocenters. The van der Waals surface area contributed by atoms with Crippen molar-refractivity contribution in [1.29, 1.82) is 0 Å². The summed E-state index contributed by atoms with van der Waals surface area (Å²) in [5, 5.41) is 14.6. The predicted octanol–water partition coefficient (Wildman–Crippen LogP) is 6.42. The minimum Gasteiger partial charge on any atom is -0.497 e. The molecule has 13 nitrogen and oxygen atoms in total. The fraction of sp³-hybridized carbons (Fsp3) is 0.217.